The van der Waals surface area contributed by atoms with Gasteiger partial charge in [0.25, 0.3) is 5.91 Å². The molecule has 1 aliphatic heterocycles. The third-order valence-electron chi connectivity index (χ3n) is 5.93. The summed E-state index contributed by atoms with van der Waals surface area (Å²) in [5, 5.41) is 6.76. The third kappa shape index (κ3) is 4.72. The van der Waals surface area contributed by atoms with Crippen LogP contribution in [-0.4, -0.2) is 48.1 Å². The van der Waals surface area contributed by atoms with E-state index in [1.54, 1.807) is 31.4 Å². The van der Waals surface area contributed by atoms with Gasteiger partial charge in [-0.1, -0.05) is 6.07 Å². The average Bonchev–Trinajstić information content (AvgIpc) is 3.21. The number of amides is 3. The lowest BCUT2D eigenvalue weighted by Crippen LogP contribution is -2.38. The van der Waals surface area contributed by atoms with Crippen molar-refractivity contribution in [1.82, 2.24) is 15.2 Å². The minimum Gasteiger partial charge on any atom is -0.497 e. The monoisotopic (exact) mass is 434 g/mol. The maximum absolute atomic E-state index is 13.1. The topological polar surface area (TPSA) is 86.5 Å². The van der Waals surface area contributed by atoms with Gasteiger partial charge >= 0.3 is 6.03 Å². The molecule has 4 rings (SSSR count). The quantitative estimate of drug-likeness (QED) is 0.543. The van der Waals surface area contributed by atoms with E-state index in [1.165, 1.54) is 10.9 Å². The Morgan fingerprint density at radius 1 is 1.12 bits per heavy atom. The van der Waals surface area contributed by atoms with Crippen molar-refractivity contribution in [1.29, 1.82) is 0 Å². The fourth-order valence-electron chi connectivity index (χ4n) is 4.32. The molecule has 0 atom stereocenters. The fraction of sp³-hybridized carbons (Fsp3) is 0.360. The van der Waals surface area contributed by atoms with Crippen LogP contribution in [0.4, 0.5) is 10.5 Å². The molecule has 3 aromatic rings. The molecule has 0 unspecified atom stereocenters. The van der Waals surface area contributed by atoms with E-state index >= 15 is 0 Å². The minimum absolute atomic E-state index is 0.00281. The summed E-state index contributed by atoms with van der Waals surface area (Å²) in [6, 6.07) is 13.0. The number of fused-ring (bicyclic) bond motifs is 1. The van der Waals surface area contributed by atoms with Gasteiger partial charge < -0.3 is 25.3 Å². The van der Waals surface area contributed by atoms with E-state index in [0.717, 1.165) is 24.1 Å². The third-order valence-corrected chi connectivity index (χ3v) is 5.93. The maximum atomic E-state index is 13.1. The predicted molar refractivity (Wildman–Crippen MR) is 126 cm³/mol. The van der Waals surface area contributed by atoms with Crippen molar-refractivity contribution >= 4 is 28.5 Å². The lowest BCUT2D eigenvalue weighted by Gasteiger charge is -2.32. The summed E-state index contributed by atoms with van der Waals surface area (Å²) in [5.74, 6) is 1.24. The van der Waals surface area contributed by atoms with Crippen LogP contribution in [0.15, 0.2) is 48.7 Å². The maximum Gasteiger partial charge on any atom is 0.319 e. The zero-order valence-electron chi connectivity index (χ0n) is 18.8. The number of rotatable bonds is 5. The van der Waals surface area contributed by atoms with Crippen molar-refractivity contribution < 1.29 is 14.3 Å². The van der Waals surface area contributed by atoms with Crippen molar-refractivity contribution in [3.05, 3.63) is 59.8 Å². The van der Waals surface area contributed by atoms with Gasteiger partial charge in [0.1, 0.15) is 5.75 Å². The highest BCUT2D eigenvalue weighted by molar-refractivity contribution is 5.97. The number of H-pyrrole nitrogens is 1. The molecule has 1 aliphatic rings. The number of aromatic nitrogens is 1. The first-order chi connectivity index (χ1) is 15.4. The summed E-state index contributed by atoms with van der Waals surface area (Å²) in [7, 11) is 1.68. The van der Waals surface area contributed by atoms with E-state index in [0.29, 0.717) is 30.3 Å². The number of aromatic amines is 1. The van der Waals surface area contributed by atoms with Crippen LogP contribution in [0.3, 0.4) is 0 Å². The number of methoxy groups -OCH3 is 1. The molecule has 0 saturated carbocycles. The highest BCUT2D eigenvalue weighted by Crippen LogP contribution is 2.35. The minimum atomic E-state index is -0.277. The van der Waals surface area contributed by atoms with Crippen LogP contribution in [0.5, 0.6) is 5.75 Å². The van der Waals surface area contributed by atoms with Crippen LogP contribution < -0.4 is 15.4 Å². The smallest absolute Gasteiger partial charge is 0.319 e. The number of anilines is 1. The SMILES string of the molecule is COc1ccc2[nH]cc(C3CCN(C(=O)c4cccc(NC(=O)NC(C)C)c4)CC3)c2c1. The van der Waals surface area contributed by atoms with E-state index in [4.69, 9.17) is 4.74 Å². The Balaban J connectivity index is 1.41. The van der Waals surface area contributed by atoms with Crippen molar-refractivity contribution in [3.8, 4) is 5.75 Å². The van der Waals surface area contributed by atoms with Crippen molar-refractivity contribution in [2.45, 2.75) is 38.6 Å². The first-order valence-electron chi connectivity index (χ1n) is 11.1. The number of urea groups is 1. The van der Waals surface area contributed by atoms with Crippen molar-refractivity contribution in [2.75, 3.05) is 25.5 Å². The van der Waals surface area contributed by atoms with Gasteiger partial charge in [-0.3, -0.25) is 4.79 Å². The van der Waals surface area contributed by atoms with Crippen LogP contribution in [-0.2, 0) is 0 Å². The highest BCUT2D eigenvalue weighted by atomic mass is 16.5. The highest BCUT2D eigenvalue weighted by Gasteiger charge is 2.26. The molecule has 2 heterocycles. The molecule has 7 heteroatoms. The van der Waals surface area contributed by atoms with Gasteiger partial charge in [0.05, 0.1) is 7.11 Å². The second kappa shape index (κ2) is 9.34. The molecule has 0 bridgehead atoms. The number of hydrogen-bond acceptors (Lipinski definition) is 3. The number of piperidine rings is 1. The van der Waals surface area contributed by atoms with Gasteiger partial charge in [-0.05, 0) is 74.6 Å². The Bertz CT molecular complexity index is 1110. The Labute approximate surface area is 188 Å². The molecular weight excluding hydrogens is 404 g/mol. The molecule has 168 valence electrons. The summed E-state index contributed by atoms with van der Waals surface area (Å²) < 4.78 is 5.39. The summed E-state index contributed by atoms with van der Waals surface area (Å²) >= 11 is 0. The summed E-state index contributed by atoms with van der Waals surface area (Å²) in [6.07, 6.45) is 3.90. The average molecular weight is 435 g/mol. The van der Waals surface area contributed by atoms with Gasteiger partial charge in [-0.15, -0.1) is 0 Å². The first kappa shape index (κ1) is 21.7. The predicted octanol–water partition coefficient (Wildman–Crippen LogP) is 4.73. The Morgan fingerprint density at radius 2 is 1.91 bits per heavy atom. The molecule has 1 fully saturated rings. The Morgan fingerprint density at radius 3 is 2.62 bits per heavy atom. The summed E-state index contributed by atoms with van der Waals surface area (Å²) in [4.78, 5) is 30.3. The van der Waals surface area contributed by atoms with E-state index in [-0.39, 0.29) is 18.0 Å². The molecular formula is C25H30N4O3. The van der Waals surface area contributed by atoms with E-state index in [2.05, 4.69) is 27.9 Å². The zero-order chi connectivity index (χ0) is 22.7. The second-order valence-corrected chi connectivity index (χ2v) is 8.56. The van der Waals surface area contributed by atoms with Gasteiger partial charge in [-0.2, -0.15) is 0 Å². The van der Waals surface area contributed by atoms with Crippen LogP contribution >= 0.6 is 0 Å². The van der Waals surface area contributed by atoms with Crippen LogP contribution in [0.2, 0.25) is 0 Å². The molecule has 0 spiro atoms. The largest absolute Gasteiger partial charge is 0.497 e. The molecule has 3 amide bonds. The molecule has 3 N–H and O–H groups in total. The number of carbonyl (C=O) groups excluding carboxylic acids is 2. The van der Waals surface area contributed by atoms with Crippen molar-refractivity contribution in [2.24, 2.45) is 0 Å². The van der Waals surface area contributed by atoms with Gasteiger partial charge in [0, 0.05) is 47.5 Å². The summed E-state index contributed by atoms with van der Waals surface area (Å²) in [6.45, 7) is 5.20. The standard InChI is InChI=1S/C25H30N4O3/c1-16(2)27-25(31)28-19-6-4-5-18(13-19)24(30)29-11-9-17(10-12-29)22-15-26-23-8-7-20(32-3)14-21(22)23/h4-8,13-17,26H,9-12H2,1-3H3,(H2,27,28,31). The van der Waals surface area contributed by atoms with Crippen LogP contribution in [0.25, 0.3) is 10.9 Å². The molecule has 32 heavy (non-hydrogen) atoms. The Kier molecular flexibility index (Phi) is 6.35. The molecule has 0 radical (unpaired) electrons. The van der Waals surface area contributed by atoms with Crippen LogP contribution in [0, 0.1) is 0 Å². The first-order valence-corrected chi connectivity index (χ1v) is 11.1. The number of hydrogen-bond donors (Lipinski definition) is 3. The zero-order valence-corrected chi connectivity index (χ0v) is 18.8. The van der Waals surface area contributed by atoms with Crippen LogP contribution in [0.1, 0.15) is 48.5 Å². The normalized spacial score (nSPS) is 14.6. The van der Waals surface area contributed by atoms with Gasteiger partial charge in [0.2, 0.25) is 0 Å². The second-order valence-electron chi connectivity index (χ2n) is 8.56. The molecule has 0 aliphatic carbocycles. The Hall–Kier alpha value is -3.48. The van der Waals surface area contributed by atoms with E-state index in [9.17, 15) is 9.59 Å². The lowest BCUT2D eigenvalue weighted by molar-refractivity contribution is 0.0713. The van der Waals surface area contributed by atoms with Crippen molar-refractivity contribution in [3.63, 3.8) is 0 Å². The molecule has 1 saturated heterocycles. The molecule has 2 aromatic carbocycles. The molecule has 1 aromatic heterocycles. The number of likely N-dealkylation sites (tertiary alicyclic amines) is 1. The summed E-state index contributed by atoms with van der Waals surface area (Å²) in [5.41, 5.74) is 3.58. The number of benzene rings is 2. The van der Waals surface area contributed by atoms with E-state index < -0.39 is 0 Å². The number of nitrogens with one attached hydrogen (secondary N) is 3. The lowest BCUT2D eigenvalue weighted by atomic mass is 9.89. The number of ether oxygens (including phenoxy) is 1. The number of carbonyl (C=O) groups is 2. The van der Waals surface area contributed by atoms with Gasteiger partial charge in [-0.25, -0.2) is 4.79 Å². The van der Waals surface area contributed by atoms with Gasteiger partial charge in [0.15, 0.2) is 0 Å². The fourth-order valence-corrected chi connectivity index (χ4v) is 4.32. The van der Waals surface area contributed by atoms with E-state index in [1.807, 2.05) is 30.9 Å². The molecule has 7 nitrogen and oxygen atoms in total. The number of nitrogens with zero attached hydrogens (tertiary/aromatic N) is 1.